The van der Waals surface area contributed by atoms with Gasteiger partial charge in [0.2, 0.25) is 5.91 Å². The van der Waals surface area contributed by atoms with Crippen LogP contribution in [0.5, 0.6) is 5.95 Å². The van der Waals surface area contributed by atoms with Crippen LogP contribution in [0.4, 0.5) is 5.00 Å². The number of carbonyl (C=O) groups is 1. The number of nitrogens with zero attached hydrogens (tertiary/aromatic N) is 3. The van der Waals surface area contributed by atoms with E-state index < -0.39 is 11.2 Å². The number of fused-ring (bicyclic) bond motifs is 1. The standard InChI is InChI=1S/C16H18N4O3S2/c1-3-11(25-15-16(22)23-19-20(15)2)13(21)18-14-10(8-17)9-6-4-5-7-12(9)24-14/h11H,3-7H2,1-2H3,(H-,18,19,21,22). The van der Waals surface area contributed by atoms with Gasteiger partial charge in [0.15, 0.2) is 13.0 Å². The van der Waals surface area contributed by atoms with Crippen molar-refractivity contribution in [1.82, 2.24) is 5.27 Å². The Hall–Kier alpha value is -2.05. The van der Waals surface area contributed by atoms with Crippen molar-refractivity contribution in [2.45, 2.75) is 49.3 Å². The van der Waals surface area contributed by atoms with Crippen molar-refractivity contribution < 1.29 is 19.1 Å². The van der Waals surface area contributed by atoms with Crippen LogP contribution in [0, 0.1) is 11.3 Å². The molecule has 1 aliphatic carbocycles. The number of aromatic nitrogens is 2. The van der Waals surface area contributed by atoms with Crippen LogP contribution in [0.15, 0.2) is 9.55 Å². The van der Waals surface area contributed by atoms with Gasteiger partial charge in [0, 0.05) is 4.88 Å². The number of thioether (sulfide) groups is 1. The Morgan fingerprint density at radius 3 is 2.96 bits per heavy atom. The minimum Gasteiger partial charge on any atom is -0.538 e. The van der Waals surface area contributed by atoms with Gasteiger partial charge in [0.25, 0.3) is 5.03 Å². The van der Waals surface area contributed by atoms with Gasteiger partial charge in [-0.15, -0.1) is 11.3 Å². The van der Waals surface area contributed by atoms with Gasteiger partial charge in [-0.05, 0) is 49.4 Å². The second kappa shape index (κ2) is 7.45. The molecule has 0 bridgehead atoms. The maximum absolute atomic E-state index is 12.7. The predicted octanol–water partition coefficient (Wildman–Crippen LogP) is 1.89. The molecule has 1 atom stereocenters. The molecule has 1 unspecified atom stereocenters. The van der Waals surface area contributed by atoms with E-state index >= 15 is 0 Å². The van der Waals surface area contributed by atoms with Crippen LogP contribution in [-0.4, -0.2) is 16.4 Å². The molecule has 3 rings (SSSR count). The van der Waals surface area contributed by atoms with E-state index in [-0.39, 0.29) is 10.9 Å². The Bertz CT molecular complexity index is 818. The van der Waals surface area contributed by atoms with E-state index in [2.05, 4.69) is 21.2 Å². The highest BCUT2D eigenvalue weighted by Crippen LogP contribution is 2.38. The summed E-state index contributed by atoms with van der Waals surface area (Å²) in [4.78, 5) is 13.9. The third kappa shape index (κ3) is 3.50. The van der Waals surface area contributed by atoms with Crippen molar-refractivity contribution in [1.29, 1.82) is 5.26 Å². The van der Waals surface area contributed by atoms with E-state index in [1.807, 2.05) is 6.92 Å². The van der Waals surface area contributed by atoms with Crippen LogP contribution in [-0.2, 0) is 24.7 Å². The summed E-state index contributed by atoms with van der Waals surface area (Å²) in [6, 6.07) is 2.24. The average Bonchev–Trinajstić information content (AvgIpc) is 3.12. The molecule has 0 saturated heterocycles. The number of hydrogen-bond donors (Lipinski definition) is 1. The van der Waals surface area contributed by atoms with Crippen molar-refractivity contribution in [2.24, 2.45) is 7.05 Å². The van der Waals surface area contributed by atoms with Crippen molar-refractivity contribution in [3.8, 4) is 12.0 Å². The SMILES string of the molecule is CCC(Sc1c([O-])on[n+]1C)C(=O)Nc1sc2c(c1C#N)CCCC2. The third-order valence-corrected chi connectivity index (χ3v) is 6.85. The molecule has 2 aromatic heterocycles. The lowest BCUT2D eigenvalue weighted by Gasteiger charge is -2.12. The molecule has 0 radical (unpaired) electrons. The quantitative estimate of drug-likeness (QED) is 0.629. The molecule has 0 saturated carbocycles. The Balaban J connectivity index is 1.79. The van der Waals surface area contributed by atoms with Crippen LogP contribution in [0.1, 0.15) is 42.2 Å². The summed E-state index contributed by atoms with van der Waals surface area (Å²) >= 11 is 2.62. The molecule has 132 valence electrons. The van der Waals surface area contributed by atoms with Crippen molar-refractivity contribution in [3.05, 3.63) is 16.0 Å². The van der Waals surface area contributed by atoms with E-state index in [4.69, 9.17) is 0 Å². The number of nitriles is 1. The second-order valence-electron chi connectivity index (χ2n) is 5.82. The maximum atomic E-state index is 12.7. The Kier molecular flexibility index (Phi) is 5.30. The molecule has 0 fully saturated rings. The number of nitrogens with one attached hydrogen (secondary N) is 1. The minimum absolute atomic E-state index is 0.219. The molecule has 0 spiro atoms. The summed E-state index contributed by atoms with van der Waals surface area (Å²) in [5.74, 6) is -0.772. The number of carbonyl (C=O) groups excluding carboxylic acids is 1. The highest BCUT2D eigenvalue weighted by atomic mass is 32.2. The molecular weight excluding hydrogens is 360 g/mol. The van der Waals surface area contributed by atoms with E-state index in [0.29, 0.717) is 17.0 Å². The lowest BCUT2D eigenvalue weighted by Crippen LogP contribution is -2.34. The molecule has 2 heterocycles. The fraction of sp³-hybridized carbons (Fsp3) is 0.500. The first-order valence-electron chi connectivity index (χ1n) is 8.10. The van der Waals surface area contributed by atoms with Crippen molar-refractivity contribution in [3.63, 3.8) is 0 Å². The smallest absolute Gasteiger partial charge is 0.291 e. The van der Waals surface area contributed by atoms with Gasteiger partial charge in [-0.1, -0.05) is 11.6 Å². The van der Waals surface area contributed by atoms with Crippen LogP contribution >= 0.6 is 23.1 Å². The third-order valence-electron chi connectivity index (χ3n) is 4.15. The number of hydrogen-bond acceptors (Lipinski definition) is 7. The van der Waals surface area contributed by atoms with Crippen LogP contribution < -0.4 is 15.1 Å². The summed E-state index contributed by atoms with van der Waals surface area (Å²) in [6.45, 7) is 1.87. The maximum Gasteiger partial charge on any atom is 0.291 e. The summed E-state index contributed by atoms with van der Waals surface area (Å²) < 4.78 is 5.92. The number of amides is 1. The molecule has 1 aliphatic rings. The first kappa shape index (κ1) is 17.8. The minimum atomic E-state index is -0.553. The van der Waals surface area contributed by atoms with Gasteiger partial charge in [0.1, 0.15) is 11.1 Å². The molecule has 7 nitrogen and oxygen atoms in total. The van der Waals surface area contributed by atoms with E-state index in [0.717, 1.165) is 43.0 Å². The predicted molar refractivity (Wildman–Crippen MR) is 91.4 cm³/mol. The van der Waals surface area contributed by atoms with Gasteiger partial charge in [-0.2, -0.15) is 5.26 Å². The zero-order valence-electron chi connectivity index (χ0n) is 14.0. The van der Waals surface area contributed by atoms with E-state index in [1.165, 1.54) is 20.9 Å². The zero-order chi connectivity index (χ0) is 18.0. The van der Waals surface area contributed by atoms with Gasteiger partial charge in [-0.3, -0.25) is 4.79 Å². The highest BCUT2D eigenvalue weighted by molar-refractivity contribution is 8.00. The van der Waals surface area contributed by atoms with Gasteiger partial charge < -0.3 is 14.9 Å². The molecule has 1 amide bonds. The largest absolute Gasteiger partial charge is 0.538 e. The average molecular weight is 378 g/mol. The summed E-state index contributed by atoms with van der Waals surface area (Å²) in [7, 11) is 1.60. The molecular formula is C16H18N4O3S2. The molecule has 2 aromatic rings. The number of thiophene rings is 1. The Labute approximate surface area is 153 Å². The van der Waals surface area contributed by atoms with Crippen molar-refractivity contribution in [2.75, 3.05) is 5.32 Å². The van der Waals surface area contributed by atoms with Crippen LogP contribution in [0.3, 0.4) is 0 Å². The molecule has 25 heavy (non-hydrogen) atoms. The Morgan fingerprint density at radius 2 is 2.32 bits per heavy atom. The molecule has 0 aromatic carbocycles. The van der Waals surface area contributed by atoms with Gasteiger partial charge in [-0.25, -0.2) is 0 Å². The van der Waals surface area contributed by atoms with Crippen LogP contribution in [0.2, 0.25) is 0 Å². The number of rotatable bonds is 5. The van der Waals surface area contributed by atoms with Crippen LogP contribution in [0.25, 0.3) is 0 Å². The summed E-state index contributed by atoms with van der Waals surface area (Å²) in [5.41, 5.74) is 1.68. The van der Waals surface area contributed by atoms with E-state index in [1.54, 1.807) is 7.05 Å². The molecule has 1 N–H and O–H groups in total. The monoisotopic (exact) mass is 378 g/mol. The summed E-state index contributed by atoms with van der Waals surface area (Å²) in [6.07, 6.45) is 4.60. The molecule has 9 heteroatoms. The first-order valence-corrected chi connectivity index (χ1v) is 9.79. The van der Waals surface area contributed by atoms with Gasteiger partial charge in [0.05, 0.1) is 16.1 Å². The van der Waals surface area contributed by atoms with Gasteiger partial charge >= 0.3 is 0 Å². The van der Waals surface area contributed by atoms with Crippen molar-refractivity contribution >= 4 is 34.0 Å². The normalized spacial score (nSPS) is 14.6. The lowest BCUT2D eigenvalue weighted by molar-refractivity contribution is -0.772. The highest BCUT2D eigenvalue weighted by Gasteiger charge is 2.28. The lowest BCUT2D eigenvalue weighted by atomic mass is 9.96. The Morgan fingerprint density at radius 1 is 1.56 bits per heavy atom. The fourth-order valence-corrected chi connectivity index (χ4v) is 5.02. The van der Waals surface area contributed by atoms with E-state index in [9.17, 15) is 15.2 Å². The number of anilines is 1. The topological polar surface area (TPSA) is 106 Å². The zero-order valence-corrected chi connectivity index (χ0v) is 15.6. The molecule has 0 aliphatic heterocycles. The fourth-order valence-electron chi connectivity index (χ4n) is 2.85. The first-order chi connectivity index (χ1) is 12.0. The number of aryl methyl sites for hydroxylation is 2. The second-order valence-corrected chi connectivity index (χ2v) is 8.12. The summed E-state index contributed by atoms with van der Waals surface area (Å²) in [5, 5.41) is 28.0.